The molecule has 1 saturated carbocycles. The zero-order valence-corrected chi connectivity index (χ0v) is 11.5. The molecule has 2 aromatic rings. The molecule has 1 unspecified atom stereocenters. The summed E-state index contributed by atoms with van der Waals surface area (Å²) in [7, 11) is 0. The van der Waals surface area contributed by atoms with Gasteiger partial charge in [0.1, 0.15) is 5.82 Å². The predicted molar refractivity (Wildman–Crippen MR) is 74.9 cm³/mol. The van der Waals surface area contributed by atoms with Gasteiger partial charge in [-0.15, -0.1) is 0 Å². The van der Waals surface area contributed by atoms with Gasteiger partial charge in [0.2, 0.25) is 5.82 Å². The standard InChI is InChI=1S/C14H15FN4O2/c1-14(16,9-3-4-9)13-17-7-11(18-13)8-2-5-10(15)12(6-8)19(20)21/h2,5-7,9H,3-4,16H2,1H3,(H,17,18). The van der Waals surface area contributed by atoms with Gasteiger partial charge in [0.05, 0.1) is 22.4 Å². The monoisotopic (exact) mass is 290 g/mol. The Hall–Kier alpha value is -2.28. The van der Waals surface area contributed by atoms with Crippen LogP contribution in [0.2, 0.25) is 0 Å². The molecule has 21 heavy (non-hydrogen) atoms. The summed E-state index contributed by atoms with van der Waals surface area (Å²) in [6, 6.07) is 3.75. The number of H-pyrrole nitrogens is 1. The lowest BCUT2D eigenvalue weighted by molar-refractivity contribution is -0.387. The number of nitro groups is 1. The summed E-state index contributed by atoms with van der Waals surface area (Å²) < 4.78 is 13.4. The molecule has 3 rings (SSSR count). The van der Waals surface area contributed by atoms with Gasteiger partial charge in [0, 0.05) is 11.6 Å². The molecule has 1 atom stereocenters. The first-order valence-electron chi connectivity index (χ1n) is 6.68. The molecule has 1 aromatic carbocycles. The van der Waals surface area contributed by atoms with E-state index in [0.29, 0.717) is 23.0 Å². The molecule has 6 nitrogen and oxygen atoms in total. The second-order valence-electron chi connectivity index (χ2n) is 5.63. The highest BCUT2D eigenvalue weighted by Gasteiger charge is 2.41. The van der Waals surface area contributed by atoms with Crippen molar-refractivity contribution in [2.45, 2.75) is 25.3 Å². The maximum atomic E-state index is 13.4. The van der Waals surface area contributed by atoms with Crippen LogP contribution in [0.5, 0.6) is 0 Å². The van der Waals surface area contributed by atoms with Gasteiger partial charge in [-0.2, -0.15) is 4.39 Å². The Bertz CT molecular complexity index is 707. The van der Waals surface area contributed by atoms with E-state index in [2.05, 4.69) is 9.97 Å². The molecule has 1 aliphatic rings. The Morgan fingerprint density at radius 2 is 2.24 bits per heavy atom. The van der Waals surface area contributed by atoms with E-state index in [0.717, 1.165) is 18.9 Å². The van der Waals surface area contributed by atoms with E-state index >= 15 is 0 Å². The number of hydrogen-bond donors (Lipinski definition) is 2. The SMILES string of the molecule is CC(N)(c1ncc(-c2ccc(F)c([N+](=O)[O-])c2)[nH]1)C1CC1. The molecule has 1 fully saturated rings. The Kier molecular flexibility index (Phi) is 3.02. The number of nitro benzene ring substituents is 1. The molecule has 0 bridgehead atoms. The van der Waals surface area contributed by atoms with Crippen molar-refractivity contribution in [3.8, 4) is 11.3 Å². The first-order valence-corrected chi connectivity index (χ1v) is 6.68. The zero-order chi connectivity index (χ0) is 15.2. The van der Waals surface area contributed by atoms with E-state index in [-0.39, 0.29) is 0 Å². The minimum absolute atomic E-state index is 0.402. The normalized spacial score (nSPS) is 17.5. The quantitative estimate of drug-likeness (QED) is 0.668. The number of nitrogens with one attached hydrogen (secondary N) is 1. The van der Waals surface area contributed by atoms with Gasteiger partial charge in [0.25, 0.3) is 0 Å². The summed E-state index contributed by atoms with van der Waals surface area (Å²) >= 11 is 0. The number of halogens is 1. The lowest BCUT2D eigenvalue weighted by Crippen LogP contribution is -2.36. The molecule has 0 saturated heterocycles. The van der Waals surface area contributed by atoms with E-state index in [4.69, 9.17) is 5.73 Å². The van der Waals surface area contributed by atoms with Crippen LogP contribution in [-0.4, -0.2) is 14.9 Å². The first-order chi connectivity index (χ1) is 9.89. The van der Waals surface area contributed by atoms with Crippen LogP contribution in [0.4, 0.5) is 10.1 Å². The Balaban J connectivity index is 1.96. The van der Waals surface area contributed by atoms with Crippen molar-refractivity contribution < 1.29 is 9.31 Å². The van der Waals surface area contributed by atoms with Crippen molar-refractivity contribution >= 4 is 5.69 Å². The van der Waals surface area contributed by atoms with Crippen molar-refractivity contribution in [3.05, 3.63) is 46.2 Å². The molecule has 0 radical (unpaired) electrons. The van der Waals surface area contributed by atoms with Crippen molar-refractivity contribution in [1.29, 1.82) is 0 Å². The average Bonchev–Trinajstić information content (AvgIpc) is 3.17. The van der Waals surface area contributed by atoms with Gasteiger partial charge < -0.3 is 10.7 Å². The number of nitrogens with zero attached hydrogens (tertiary/aromatic N) is 2. The summed E-state index contributed by atoms with van der Waals surface area (Å²) in [5.41, 5.74) is 6.28. The van der Waals surface area contributed by atoms with Crippen LogP contribution in [0, 0.1) is 21.8 Å². The molecule has 3 N–H and O–H groups in total. The summed E-state index contributed by atoms with van der Waals surface area (Å²) in [6.45, 7) is 1.92. The summed E-state index contributed by atoms with van der Waals surface area (Å²) in [6.07, 6.45) is 3.72. The zero-order valence-electron chi connectivity index (χ0n) is 11.5. The lowest BCUT2D eigenvalue weighted by Gasteiger charge is -2.21. The Morgan fingerprint density at radius 3 is 2.86 bits per heavy atom. The van der Waals surface area contributed by atoms with Crippen molar-refractivity contribution in [1.82, 2.24) is 9.97 Å². The van der Waals surface area contributed by atoms with Crippen LogP contribution in [0.15, 0.2) is 24.4 Å². The minimum Gasteiger partial charge on any atom is -0.340 e. The number of benzene rings is 1. The fourth-order valence-corrected chi connectivity index (χ4v) is 2.44. The number of aromatic nitrogens is 2. The van der Waals surface area contributed by atoms with E-state index in [1.54, 1.807) is 6.20 Å². The van der Waals surface area contributed by atoms with Crippen LogP contribution in [-0.2, 0) is 5.54 Å². The van der Waals surface area contributed by atoms with Gasteiger partial charge in [0.15, 0.2) is 0 Å². The molecule has 0 amide bonds. The van der Waals surface area contributed by atoms with E-state index < -0.39 is 22.0 Å². The van der Waals surface area contributed by atoms with Gasteiger partial charge in [-0.25, -0.2) is 4.98 Å². The van der Waals surface area contributed by atoms with E-state index in [9.17, 15) is 14.5 Å². The molecule has 0 aliphatic heterocycles. The summed E-state index contributed by atoms with van der Waals surface area (Å²) in [5, 5.41) is 10.8. The van der Waals surface area contributed by atoms with Crippen LogP contribution in [0.25, 0.3) is 11.3 Å². The van der Waals surface area contributed by atoms with Crippen LogP contribution in [0.1, 0.15) is 25.6 Å². The van der Waals surface area contributed by atoms with Gasteiger partial charge in [-0.05, 0) is 37.8 Å². The van der Waals surface area contributed by atoms with Crippen molar-refractivity contribution in [2.24, 2.45) is 11.7 Å². The Morgan fingerprint density at radius 1 is 1.52 bits per heavy atom. The third-order valence-electron chi connectivity index (χ3n) is 3.97. The minimum atomic E-state index is -0.856. The van der Waals surface area contributed by atoms with Gasteiger partial charge in [-0.3, -0.25) is 10.1 Å². The summed E-state index contributed by atoms with van der Waals surface area (Å²) in [5.74, 6) is 0.191. The summed E-state index contributed by atoms with van der Waals surface area (Å²) in [4.78, 5) is 17.4. The third-order valence-corrected chi connectivity index (χ3v) is 3.97. The number of rotatable bonds is 4. The number of nitrogens with two attached hydrogens (primary N) is 1. The second kappa shape index (κ2) is 4.63. The van der Waals surface area contributed by atoms with Crippen molar-refractivity contribution in [3.63, 3.8) is 0 Å². The van der Waals surface area contributed by atoms with E-state index in [1.807, 2.05) is 6.92 Å². The van der Waals surface area contributed by atoms with Gasteiger partial charge in [-0.1, -0.05) is 0 Å². The maximum Gasteiger partial charge on any atom is 0.305 e. The molecule has 1 heterocycles. The molecule has 0 spiro atoms. The largest absolute Gasteiger partial charge is 0.340 e. The topological polar surface area (TPSA) is 97.8 Å². The fraction of sp³-hybridized carbons (Fsp3) is 0.357. The third kappa shape index (κ3) is 2.40. The van der Waals surface area contributed by atoms with Crippen LogP contribution >= 0.6 is 0 Å². The number of imidazole rings is 1. The average molecular weight is 290 g/mol. The second-order valence-corrected chi connectivity index (χ2v) is 5.63. The highest BCUT2D eigenvalue weighted by molar-refractivity contribution is 5.62. The van der Waals surface area contributed by atoms with Crippen molar-refractivity contribution in [2.75, 3.05) is 0 Å². The smallest absolute Gasteiger partial charge is 0.305 e. The maximum absolute atomic E-state index is 13.4. The highest BCUT2D eigenvalue weighted by Crippen LogP contribution is 2.43. The molecule has 1 aliphatic carbocycles. The highest BCUT2D eigenvalue weighted by atomic mass is 19.1. The number of aromatic amines is 1. The number of hydrogen-bond acceptors (Lipinski definition) is 4. The molecular formula is C14H15FN4O2. The molecular weight excluding hydrogens is 275 g/mol. The van der Waals surface area contributed by atoms with Crippen LogP contribution in [0.3, 0.4) is 0 Å². The molecule has 110 valence electrons. The first kappa shape index (κ1) is 13.7. The predicted octanol–water partition coefficient (Wildman–Crippen LogP) is 2.71. The lowest BCUT2D eigenvalue weighted by atomic mass is 9.97. The van der Waals surface area contributed by atoms with Gasteiger partial charge >= 0.3 is 5.69 Å². The Labute approximate surface area is 120 Å². The fourth-order valence-electron chi connectivity index (χ4n) is 2.44. The molecule has 7 heteroatoms. The molecule has 1 aromatic heterocycles. The van der Waals surface area contributed by atoms with E-state index in [1.165, 1.54) is 12.1 Å². The van der Waals surface area contributed by atoms with Crippen LogP contribution < -0.4 is 5.73 Å².